The first kappa shape index (κ1) is 10.9. The Balaban J connectivity index is 1.66. The lowest BCUT2D eigenvalue weighted by Crippen LogP contribution is -2.41. The summed E-state index contributed by atoms with van der Waals surface area (Å²) in [5, 5.41) is 3.36. The zero-order valence-electron chi connectivity index (χ0n) is 9.54. The fourth-order valence-electron chi connectivity index (χ4n) is 2.41. The molecule has 1 unspecified atom stereocenters. The first-order valence-electron chi connectivity index (χ1n) is 5.95. The lowest BCUT2D eigenvalue weighted by molar-refractivity contribution is -0.129. The summed E-state index contributed by atoms with van der Waals surface area (Å²) in [5.74, 6) is 0.280. The lowest BCUT2D eigenvalue weighted by Gasteiger charge is -2.18. The van der Waals surface area contributed by atoms with Crippen LogP contribution in [0.4, 0.5) is 0 Å². The molecule has 2 heterocycles. The van der Waals surface area contributed by atoms with Crippen molar-refractivity contribution in [3.8, 4) is 0 Å². The summed E-state index contributed by atoms with van der Waals surface area (Å²) >= 11 is 0. The van der Waals surface area contributed by atoms with E-state index in [0.29, 0.717) is 12.6 Å². The Bertz CT molecular complexity index is 226. The molecule has 0 aliphatic carbocycles. The molecule has 0 aromatic heterocycles. The topological polar surface area (TPSA) is 35.6 Å². The SMILES string of the molecule is CN1CCC(NCC(=O)N2CCCC2)C1. The Hall–Kier alpha value is -0.610. The van der Waals surface area contributed by atoms with Gasteiger partial charge in [-0.05, 0) is 32.9 Å². The second kappa shape index (κ2) is 4.94. The monoisotopic (exact) mass is 211 g/mol. The van der Waals surface area contributed by atoms with Gasteiger partial charge in [0.2, 0.25) is 5.91 Å². The number of amides is 1. The molecule has 0 spiro atoms. The van der Waals surface area contributed by atoms with Gasteiger partial charge in [-0.15, -0.1) is 0 Å². The highest BCUT2D eigenvalue weighted by Gasteiger charge is 2.22. The highest BCUT2D eigenvalue weighted by molar-refractivity contribution is 5.78. The van der Waals surface area contributed by atoms with Crippen molar-refractivity contribution in [3.05, 3.63) is 0 Å². The van der Waals surface area contributed by atoms with Crippen LogP contribution in [-0.4, -0.2) is 61.5 Å². The molecule has 86 valence electrons. The van der Waals surface area contributed by atoms with E-state index in [1.54, 1.807) is 0 Å². The molecular weight excluding hydrogens is 190 g/mol. The van der Waals surface area contributed by atoms with Gasteiger partial charge in [0.25, 0.3) is 0 Å². The Morgan fingerprint density at radius 3 is 2.67 bits per heavy atom. The van der Waals surface area contributed by atoms with E-state index in [-0.39, 0.29) is 5.91 Å². The van der Waals surface area contributed by atoms with Crippen molar-refractivity contribution in [2.45, 2.75) is 25.3 Å². The van der Waals surface area contributed by atoms with Crippen LogP contribution in [-0.2, 0) is 4.79 Å². The molecule has 1 N–H and O–H groups in total. The summed E-state index contributed by atoms with van der Waals surface area (Å²) in [4.78, 5) is 16.0. The molecule has 4 nitrogen and oxygen atoms in total. The quantitative estimate of drug-likeness (QED) is 0.708. The Kier molecular flexibility index (Phi) is 3.59. The molecular formula is C11H21N3O. The van der Waals surface area contributed by atoms with Gasteiger partial charge >= 0.3 is 0 Å². The van der Waals surface area contributed by atoms with Crippen LogP contribution in [0.15, 0.2) is 0 Å². The van der Waals surface area contributed by atoms with Gasteiger partial charge in [0.15, 0.2) is 0 Å². The van der Waals surface area contributed by atoms with Crippen LogP contribution >= 0.6 is 0 Å². The van der Waals surface area contributed by atoms with Crippen LogP contribution < -0.4 is 5.32 Å². The van der Waals surface area contributed by atoms with Crippen molar-refractivity contribution in [1.29, 1.82) is 0 Å². The van der Waals surface area contributed by atoms with Crippen LogP contribution in [0.5, 0.6) is 0 Å². The van der Waals surface area contributed by atoms with E-state index in [1.165, 1.54) is 19.3 Å². The second-order valence-electron chi connectivity index (χ2n) is 4.72. The number of likely N-dealkylation sites (N-methyl/N-ethyl adjacent to an activating group) is 1. The third-order valence-electron chi connectivity index (χ3n) is 3.39. The van der Waals surface area contributed by atoms with Crippen molar-refractivity contribution < 1.29 is 4.79 Å². The minimum Gasteiger partial charge on any atom is -0.342 e. The maximum atomic E-state index is 11.7. The predicted octanol–water partition coefficient (Wildman–Crippen LogP) is -0.0975. The Morgan fingerprint density at radius 1 is 1.33 bits per heavy atom. The van der Waals surface area contributed by atoms with Gasteiger partial charge in [0.05, 0.1) is 6.54 Å². The molecule has 2 rings (SSSR count). The summed E-state index contributed by atoms with van der Waals surface area (Å²) < 4.78 is 0. The molecule has 1 atom stereocenters. The van der Waals surface area contributed by atoms with Gasteiger partial charge in [-0.2, -0.15) is 0 Å². The molecule has 0 aromatic carbocycles. The number of nitrogens with zero attached hydrogens (tertiary/aromatic N) is 2. The molecule has 0 bridgehead atoms. The highest BCUT2D eigenvalue weighted by Crippen LogP contribution is 2.08. The number of rotatable bonds is 3. The average Bonchev–Trinajstić information content (AvgIpc) is 2.84. The number of hydrogen-bond donors (Lipinski definition) is 1. The van der Waals surface area contributed by atoms with Gasteiger partial charge in [-0.1, -0.05) is 0 Å². The van der Waals surface area contributed by atoms with Gasteiger partial charge < -0.3 is 15.1 Å². The average molecular weight is 211 g/mol. The number of nitrogens with one attached hydrogen (secondary N) is 1. The first-order chi connectivity index (χ1) is 7.25. The number of carbonyl (C=O) groups excluding carboxylic acids is 1. The molecule has 0 saturated carbocycles. The van der Waals surface area contributed by atoms with Crippen LogP contribution in [0.1, 0.15) is 19.3 Å². The molecule has 2 saturated heterocycles. The van der Waals surface area contributed by atoms with Gasteiger partial charge in [0.1, 0.15) is 0 Å². The van der Waals surface area contributed by atoms with E-state index in [4.69, 9.17) is 0 Å². The number of hydrogen-bond acceptors (Lipinski definition) is 3. The third kappa shape index (κ3) is 2.92. The fourth-order valence-corrected chi connectivity index (χ4v) is 2.41. The standard InChI is InChI=1S/C11H21N3O/c1-13-7-4-10(9-13)12-8-11(15)14-5-2-3-6-14/h10,12H,2-9H2,1H3. The molecule has 15 heavy (non-hydrogen) atoms. The molecule has 1 amide bonds. The summed E-state index contributed by atoms with van der Waals surface area (Å²) in [5.41, 5.74) is 0. The third-order valence-corrected chi connectivity index (χ3v) is 3.39. The van der Waals surface area contributed by atoms with E-state index < -0.39 is 0 Å². The van der Waals surface area contributed by atoms with E-state index in [1.807, 2.05) is 4.90 Å². The minimum absolute atomic E-state index is 0.280. The summed E-state index contributed by atoms with van der Waals surface area (Å²) in [6.07, 6.45) is 3.53. The minimum atomic E-state index is 0.280. The van der Waals surface area contributed by atoms with Crippen LogP contribution in [0.25, 0.3) is 0 Å². The second-order valence-corrected chi connectivity index (χ2v) is 4.72. The van der Waals surface area contributed by atoms with Gasteiger partial charge in [-0.3, -0.25) is 4.79 Å². The molecule has 2 aliphatic rings. The molecule has 0 radical (unpaired) electrons. The zero-order valence-corrected chi connectivity index (χ0v) is 9.54. The van der Waals surface area contributed by atoms with Crippen molar-refractivity contribution in [2.75, 3.05) is 39.8 Å². The molecule has 2 fully saturated rings. The predicted molar refractivity (Wildman–Crippen MR) is 59.7 cm³/mol. The number of carbonyl (C=O) groups is 1. The van der Waals surface area contributed by atoms with Crippen molar-refractivity contribution in [1.82, 2.24) is 15.1 Å². The summed E-state index contributed by atoms with van der Waals surface area (Å²) in [7, 11) is 2.13. The molecule has 2 aliphatic heterocycles. The van der Waals surface area contributed by atoms with Crippen LogP contribution in [0.3, 0.4) is 0 Å². The van der Waals surface area contributed by atoms with Crippen molar-refractivity contribution in [3.63, 3.8) is 0 Å². The number of likely N-dealkylation sites (tertiary alicyclic amines) is 2. The first-order valence-corrected chi connectivity index (χ1v) is 5.95. The van der Waals surface area contributed by atoms with Crippen LogP contribution in [0, 0.1) is 0 Å². The normalized spacial score (nSPS) is 27.5. The summed E-state index contributed by atoms with van der Waals surface area (Å²) in [6.45, 7) is 4.68. The van der Waals surface area contributed by atoms with E-state index >= 15 is 0 Å². The zero-order chi connectivity index (χ0) is 10.7. The molecule has 4 heteroatoms. The Labute approximate surface area is 91.6 Å². The maximum Gasteiger partial charge on any atom is 0.236 e. The largest absolute Gasteiger partial charge is 0.342 e. The fraction of sp³-hybridized carbons (Fsp3) is 0.909. The van der Waals surface area contributed by atoms with Gasteiger partial charge in [-0.25, -0.2) is 0 Å². The lowest BCUT2D eigenvalue weighted by atomic mass is 10.2. The highest BCUT2D eigenvalue weighted by atomic mass is 16.2. The van der Waals surface area contributed by atoms with E-state index in [0.717, 1.165) is 26.2 Å². The summed E-state index contributed by atoms with van der Waals surface area (Å²) in [6, 6.07) is 0.515. The van der Waals surface area contributed by atoms with E-state index in [2.05, 4.69) is 17.3 Å². The Morgan fingerprint density at radius 2 is 2.07 bits per heavy atom. The molecule has 0 aromatic rings. The maximum absolute atomic E-state index is 11.7. The van der Waals surface area contributed by atoms with E-state index in [9.17, 15) is 4.79 Å². The van der Waals surface area contributed by atoms with Gasteiger partial charge in [0, 0.05) is 25.7 Å². The van der Waals surface area contributed by atoms with Crippen molar-refractivity contribution >= 4 is 5.91 Å². The van der Waals surface area contributed by atoms with Crippen LogP contribution in [0.2, 0.25) is 0 Å². The smallest absolute Gasteiger partial charge is 0.236 e. The van der Waals surface area contributed by atoms with Crippen molar-refractivity contribution in [2.24, 2.45) is 0 Å².